The van der Waals surface area contributed by atoms with E-state index in [4.69, 9.17) is 29.0 Å². The lowest BCUT2D eigenvalue weighted by molar-refractivity contribution is 0.102. The van der Waals surface area contributed by atoms with Gasteiger partial charge in [-0.25, -0.2) is 0 Å². The molecule has 0 fully saturated rings. The van der Waals surface area contributed by atoms with Crippen LogP contribution in [0.4, 0.5) is 5.69 Å². The van der Waals surface area contributed by atoms with Crippen molar-refractivity contribution in [3.63, 3.8) is 0 Å². The summed E-state index contributed by atoms with van der Waals surface area (Å²) in [5.74, 6) is 2.04. The summed E-state index contributed by atoms with van der Waals surface area (Å²) in [6.07, 6.45) is 3.27. The van der Waals surface area contributed by atoms with E-state index in [0.717, 1.165) is 22.0 Å². The van der Waals surface area contributed by atoms with Gasteiger partial charge in [-0.3, -0.25) is 14.9 Å². The van der Waals surface area contributed by atoms with Gasteiger partial charge >= 0.3 is 7.12 Å². The van der Waals surface area contributed by atoms with Gasteiger partial charge in [0, 0.05) is 11.6 Å². The zero-order chi connectivity index (χ0) is 29.4. The number of nitrogens with zero attached hydrogens (tertiary/aromatic N) is 2. The minimum absolute atomic E-state index is 0.285. The lowest BCUT2D eigenvalue weighted by Gasteiger charge is -2.12. The molecule has 3 aromatic carbocycles. The molecule has 0 radical (unpaired) electrons. The van der Waals surface area contributed by atoms with Crippen LogP contribution in [-0.2, 0) is 0 Å². The Morgan fingerprint density at radius 2 is 1.49 bits per heavy atom. The van der Waals surface area contributed by atoms with Crippen LogP contribution in [0, 0.1) is 0 Å². The highest BCUT2D eigenvalue weighted by atomic mass is 16.5. The van der Waals surface area contributed by atoms with E-state index in [9.17, 15) is 4.79 Å². The fraction of sp³-hybridized carbons (Fsp3) is 0.138. The minimum atomic E-state index is -1.49. The molecule has 4 N–H and O–H groups in total. The number of nitrogens with one attached hydrogen (secondary N) is 2. The first-order chi connectivity index (χ1) is 19.9. The number of benzene rings is 3. The molecular formula is C29H29BN4O7. The first-order valence-electron chi connectivity index (χ1n) is 12.4. The lowest BCUT2D eigenvalue weighted by Crippen LogP contribution is -2.29. The fourth-order valence-electron chi connectivity index (χ4n) is 4.03. The van der Waals surface area contributed by atoms with Crippen LogP contribution in [0.3, 0.4) is 0 Å². The Labute approximate surface area is 236 Å². The number of fused-ring (bicyclic) bond motifs is 1. The highest BCUT2D eigenvalue weighted by Gasteiger charge is 2.15. The minimum Gasteiger partial charge on any atom is -0.493 e. The number of carbonyl (C=O) groups is 1. The van der Waals surface area contributed by atoms with Crippen LogP contribution in [0.15, 0.2) is 79.1 Å². The normalized spacial score (nSPS) is 10.3. The van der Waals surface area contributed by atoms with E-state index in [2.05, 4.69) is 20.5 Å². The largest absolute Gasteiger partial charge is 0.493 e. The number of hydrogen-bond donors (Lipinski definition) is 4. The van der Waals surface area contributed by atoms with Crippen LogP contribution >= 0.6 is 0 Å². The van der Waals surface area contributed by atoms with Gasteiger partial charge in [0.25, 0.3) is 5.91 Å². The third-order valence-corrected chi connectivity index (χ3v) is 6.13. The molecule has 0 aliphatic heterocycles. The molecule has 210 valence electrons. The van der Waals surface area contributed by atoms with Gasteiger partial charge in [-0.15, -0.1) is 0 Å². The molecule has 41 heavy (non-hydrogen) atoms. The van der Waals surface area contributed by atoms with Crippen molar-refractivity contribution in [3.05, 3.63) is 84.8 Å². The smallest absolute Gasteiger partial charge is 0.488 e. The van der Waals surface area contributed by atoms with E-state index in [-0.39, 0.29) is 5.91 Å². The van der Waals surface area contributed by atoms with Crippen molar-refractivity contribution in [2.75, 3.05) is 33.8 Å². The second-order valence-electron chi connectivity index (χ2n) is 8.58. The monoisotopic (exact) mass is 556 g/mol. The summed E-state index contributed by atoms with van der Waals surface area (Å²) in [5, 5.41) is 28.5. The van der Waals surface area contributed by atoms with Crippen molar-refractivity contribution in [1.82, 2.24) is 15.2 Å². The molecule has 0 unspecified atom stereocenters. The Balaban J connectivity index is 0.000000251. The highest BCUT2D eigenvalue weighted by Crippen LogP contribution is 2.35. The molecule has 2 aromatic heterocycles. The number of H-pyrrole nitrogens is 1. The van der Waals surface area contributed by atoms with Crippen molar-refractivity contribution in [2.24, 2.45) is 0 Å². The van der Waals surface area contributed by atoms with Gasteiger partial charge in [0.05, 0.1) is 45.8 Å². The number of amides is 1. The molecule has 0 aliphatic carbocycles. The number of carbonyl (C=O) groups excluding carboxylic acids is 1. The predicted octanol–water partition coefficient (Wildman–Crippen LogP) is 3.28. The predicted molar refractivity (Wildman–Crippen MR) is 156 cm³/mol. The van der Waals surface area contributed by atoms with Gasteiger partial charge in [-0.1, -0.05) is 18.2 Å². The Bertz CT molecular complexity index is 1630. The molecule has 11 nitrogen and oxygen atoms in total. The number of aromatic nitrogens is 3. The molecular weight excluding hydrogens is 527 g/mol. The van der Waals surface area contributed by atoms with E-state index < -0.39 is 7.12 Å². The maximum absolute atomic E-state index is 12.6. The van der Waals surface area contributed by atoms with Crippen LogP contribution in [0.25, 0.3) is 22.0 Å². The zero-order valence-electron chi connectivity index (χ0n) is 22.9. The first-order valence-corrected chi connectivity index (χ1v) is 12.4. The summed E-state index contributed by atoms with van der Waals surface area (Å²) in [5.41, 5.74) is 3.99. The van der Waals surface area contributed by atoms with E-state index in [1.807, 2.05) is 30.3 Å². The van der Waals surface area contributed by atoms with Crippen molar-refractivity contribution >= 4 is 35.1 Å². The standard InChI is InChI=1S/C21H18N4O3.C8H11BO4/c1-27-19-7-6-13(11-20(19)28-2)14-9-17(15-12-23-25-18(15)10-14)24-21(26)16-5-3-4-8-22-16;1-12-7-4-3-6(9(10)11)5-8(7)13-2/h3-12H,1-2H3,(H,23,25)(H,24,26);3-5,10-11H,1-2H3. The Morgan fingerprint density at radius 3 is 2.12 bits per heavy atom. The quantitative estimate of drug-likeness (QED) is 0.211. The number of pyridine rings is 1. The molecule has 5 rings (SSSR count). The second kappa shape index (κ2) is 13.3. The molecule has 0 saturated heterocycles. The summed E-state index contributed by atoms with van der Waals surface area (Å²) >= 11 is 0. The SMILES string of the molecule is COc1ccc(-c2cc(NC(=O)c3ccccn3)c3cn[nH]c3c2)cc1OC.COc1ccc(B(O)O)cc1OC. The topological polar surface area (TPSA) is 148 Å². The van der Waals surface area contributed by atoms with Crippen LogP contribution in [0.1, 0.15) is 10.5 Å². The van der Waals surface area contributed by atoms with E-state index in [1.165, 1.54) is 20.3 Å². The number of rotatable bonds is 8. The Kier molecular flexibility index (Phi) is 9.41. The van der Waals surface area contributed by atoms with Gasteiger partial charge in [-0.2, -0.15) is 5.10 Å². The van der Waals surface area contributed by atoms with Crippen LogP contribution in [-0.4, -0.2) is 66.7 Å². The van der Waals surface area contributed by atoms with Gasteiger partial charge in [0.15, 0.2) is 23.0 Å². The summed E-state index contributed by atoms with van der Waals surface area (Å²) in [6, 6.07) is 19.4. The second-order valence-corrected chi connectivity index (χ2v) is 8.58. The maximum Gasteiger partial charge on any atom is 0.488 e. The first kappa shape index (κ1) is 28.9. The Morgan fingerprint density at radius 1 is 0.805 bits per heavy atom. The molecule has 0 bridgehead atoms. The van der Waals surface area contributed by atoms with Crippen LogP contribution in [0.2, 0.25) is 0 Å². The highest BCUT2D eigenvalue weighted by molar-refractivity contribution is 6.58. The molecule has 2 heterocycles. The molecule has 0 aliphatic rings. The van der Waals surface area contributed by atoms with Crippen molar-refractivity contribution in [3.8, 4) is 34.1 Å². The van der Waals surface area contributed by atoms with Crippen molar-refractivity contribution in [1.29, 1.82) is 0 Å². The molecule has 0 spiro atoms. The van der Waals surface area contributed by atoms with Gasteiger partial charge in [0.2, 0.25) is 0 Å². The molecule has 0 atom stereocenters. The average Bonchev–Trinajstić information content (AvgIpc) is 3.50. The third kappa shape index (κ3) is 6.75. The number of anilines is 1. The number of ether oxygens (including phenoxy) is 4. The lowest BCUT2D eigenvalue weighted by atomic mass is 9.80. The number of aromatic amines is 1. The van der Waals surface area contributed by atoms with Crippen LogP contribution in [0.5, 0.6) is 23.0 Å². The van der Waals surface area contributed by atoms with Crippen molar-refractivity contribution in [2.45, 2.75) is 0 Å². The summed E-state index contributed by atoms with van der Waals surface area (Å²) in [6.45, 7) is 0. The van der Waals surface area contributed by atoms with Crippen LogP contribution < -0.4 is 29.7 Å². The van der Waals surface area contributed by atoms with Gasteiger partial charge in [0.1, 0.15) is 5.69 Å². The van der Waals surface area contributed by atoms with Gasteiger partial charge in [-0.05, 0) is 65.1 Å². The molecule has 5 aromatic rings. The molecule has 1 amide bonds. The maximum atomic E-state index is 12.6. The molecule has 12 heteroatoms. The summed E-state index contributed by atoms with van der Waals surface area (Å²) < 4.78 is 20.7. The van der Waals surface area contributed by atoms with Gasteiger partial charge < -0.3 is 34.3 Å². The van der Waals surface area contributed by atoms with E-state index in [0.29, 0.717) is 39.8 Å². The summed E-state index contributed by atoms with van der Waals surface area (Å²) in [7, 11) is 4.72. The number of methoxy groups -OCH3 is 4. The number of hydrogen-bond acceptors (Lipinski definition) is 9. The zero-order valence-corrected chi connectivity index (χ0v) is 22.9. The Hall–Kier alpha value is -5.07. The average molecular weight is 556 g/mol. The van der Waals surface area contributed by atoms with E-state index in [1.54, 1.807) is 56.9 Å². The molecule has 0 saturated carbocycles. The fourth-order valence-corrected chi connectivity index (χ4v) is 4.03. The third-order valence-electron chi connectivity index (χ3n) is 6.13. The summed E-state index contributed by atoms with van der Waals surface area (Å²) in [4.78, 5) is 16.7. The van der Waals surface area contributed by atoms with Crippen molar-refractivity contribution < 1.29 is 33.8 Å². The van der Waals surface area contributed by atoms with E-state index >= 15 is 0 Å².